The van der Waals surface area contributed by atoms with Gasteiger partial charge in [0, 0.05) is 13.0 Å². The lowest BCUT2D eigenvalue weighted by Gasteiger charge is -2.13. The number of aliphatic hydroxyl groups is 2. The van der Waals surface area contributed by atoms with Crippen LogP contribution < -0.4 is 5.32 Å². The van der Waals surface area contributed by atoms with Crippen molar-refractivity contribution in [1.82, 2.24) is 19.5 Å². The quantitative estimate of drug-likeness (QED) is 0.727. The zero-order valence-electron chi connectivity index (χ0n) is 11.8. The SMILES string of the molecule is CCCNc1ncnc2c1ncn2[C@H]1CC(O)[C@@H](CO)O1. The first-order valence-electron chi connectivity index (χ1n) is 7.10. The molecule has 1 aliphatic heterocycles. The predicted octanol–water partition coefficient (Wildman–Crippen LogP) is 0.289. The number of ether oxygens (including phenoxy) is 1. The first-order chi connectivity index (χ1) is 10.2. The molecule has 0 spiro atoms. The summed E-state index contributed by atoms with van der Waals surface area (Å²) in [6, 6.07) is 0. The third-order valence-corrected chi connectivity index (χ3v) is 3.60. The van der Waals surface area contributed by atoms with Crippen molar-refractivity contribution < 1.29 is 14.9 Å². The van der Waals surface area contributed by atoms with Crippen molar-refractivity contribution in [3.05, 3.63) is 12.7 Å². The van der Waals surface area contributed by atoms with Crippen LogP contribution in [-0.4, -0.2) is 55.1 Å². The lowest BCUT2D eigenvalue weighted by Crippen LogP contribution is -2.24. The zero-order chi connectivity index (χ0) is 14.8. The van der Waals surface area contributed by atoms with E-state index in [0.29, 0.717) is 23.4 Å². The molecule has 2 aromatic heterocycles. The molecule has 2 aromatic rings. The van der Waals surface area contributed by atoms with Crippen LogP contribution in [0.5, 0.6) is 0 Å². The molecule has 8 nitrogen and oxygen atoms in total. The Labute approximate surface area is 121 Å². The van der Waals surface area contributed by atoms with Crippen molar-refractivity contribution in [3.8, 4) is 0 Å². The molecular formula is C13H19N5O3. The van der Waals surface area contributed by atoms with Gasteiger partial charge in [0.15, 0.2) is 17.0 Å². The Bertz CT molecular complexity index is 617. The Hall–Kier alpha value is -1.77. The van der Waals surface area contributed by atoms with E-state index in [2.05, 4.69) is 27.2 Å². The van der Waals surface area contributed by atoms with E-state index in [1.165, 1.54) is 6.33 Å². The van der Waals surface area contributed by atoms with Gasteiger partial charge < -0.3 is 20.3 Å². The first kappa shape index (κ1) is 14.2. The molecule has 1 fully saturated rings. The van der Waals surface area contributed by atoms with Gasteiger partial charge >= 0.3 is 0 Å². The second-order valence-corrected chi connectivity index (χ2v) is 5.09. The lowest BCUT2D eigenvalue weighted by molar-refractivity contribution is -0.0432. The second kappa shape index (κ2) is 5.92. The first-order valence-corrected chi connectivity index (χ1v) is 7.10. The highest BCUT2D eigenvalue weighted by molar-refractivity contribution is 5.82. The molecular weight excluding hydrogens is 274 g/mol. The van der Waals surface area contributed by atoms with Crippen molar-refractivity contribution in [2.75, 3.05) is 18.5 Å². The van der Waals surface area contributed by atoms with Crippen molar-refractivity contribution >= 4 is 17.0 Å². The summed E-state index contributed by atoms with van der Waals surface area (Å²) >= 11 is 0. The molecule has 0 aromatic carbocycles. The lowest BCUT2D eigenvalue weighted by atomic mass is 10.2. The van der Waals surface area contributed by atoms with Crippen molar-refractivity contribution in [2.45, 2.75) is 38.2 Å². The molecule has 0 saturated carbocycles. The van der Waals surface area contributed by atoms with Gasteiger partial charge in [0.05, 0.1) is 19.0 Å². The maximum Gasteiger partial charge on any atom is 0.167 e. The van der Waals surface area contributed by atoms with Crippen molar-refractivity contribution in [3.63, 3.8) is 0 Å². The van der Waals surface area contributed by atoms with E-state index in [9.17, 15) is 5.11 Å². The Morgan fingerprint density at radius 1 is 1.43 bits per heavy atom. The fourth-order valence-corrected chi connectivity index (χ4v) is 2.49. The summed E-state index contributed by atoms with van der Waals surface area (Å²) in [5, 5.41) is 22.2. The maximum atomic E-state index is 9.84. The summed E-state index contributed by atoms with van der Waals surface area (Å²) in [4.78, 5) is 12.8. The smallest absolute Gasteiger partial charge is 0.167 e. The van der Waals surface area contributed by atoms with E-state index in [4.69, 9.17) is 9.84 Å². The molecule has 0 radical (unpaired) electrons. The summed E-state index contributed by atoms with van der Waals surface area (Å²) in [6.45, 7) is 2.68. The summed E-state index contributed by atoms with van der Waals surface area (Å²) < 4.78 is 7.41. The minimum Gasteiger partial charge on any atom is -0.394 e. The summed E-state index contributed by atoms with van der Waals surface area (Å²) in [5.41, 5.74) is 1.33. The van der Waals surface area contributed by atoms with Crippen LogP contribution in [0.15, 0.2) is 12.7 Å². The topological polar surface area (TPSA) is 105 Å². The average molecular weight is 293 g/mol. The predicted molar refractivity (Wildman–Crippen MR) is 75.7 cm³/mol. The Balaban J connectivity index is 1.90. The van der Waals surface area contributed by atoms with Crippen molar-refractivity contribution in [1.29, 1.82) is 0 Å². The van der Waals surface area contributed by atoms with Gasteiger partial charge in [-0.25, -0.2) is 15.0 Å². The van der Waals surface area contributed by atoms with Crippen LogP contribution in [0.3, 0.4) is 0 Å². The molecule has 1 saturated heterocycles. The molecule has 8 heteroatoms. The van der Waals surface area contributed by atoms with E-state index in [1.54, 1.807) is 10.9 Å². The molecule has 114 valence electrons. The van der Waals surface area contributed by atoms with Crippen LogP contribution in [0.4, 0.5) is 5.82 Å². The molecule has 3 atom stereocenters. The monoisotopic (exact) mass is 293 g/mol. The number of imidazole rings is 1. The van der Waals surface area contributed by atoms with Gasteiger partial charge in [0.25, 0.3) is 0 Å². The fourth-order valence-electron chi connectivity index (χ4n) is 2.49. The van der Waals surface area contributed by atoms with E-state index in [1.807, 2.05) is 0 Å². The van der Waals surface area contributed by atoms with E-state index in [0.717, 1.165) is 13.0 Å². The Morgan fingerprint density at radius 3 is 3.00 bits per heavy atom. The molecule has 0 bridgehead atoms. The third-order valence-electron chi connectivity index (χ3n) is 3.60. The summed E-state index contributed by atoms with van der Waals surface area (Å²) in [7, 11) is 0. The van der Waals surface area contributed by atoms with Gasteiger partial charge in [-0.05, 0) is 6.42 Å². The number of rotatable bonds is 5. The van der Waals surface area contributed by atoms with Gasteiger partial charge in [-0.1, -0.05) is 6.92 Å². The zero-order valence-corrected chi connectivity index (χ0v) is 11.8. The van der Waals surface area contributed by atoms with Gasteiger partial charge in [0.2, 0.25) is 0 Å². The van der Waals surface area contributed by atoms with E-state index in [-0.39, 0.29) is 12.8 Å². The van der Waals surface area contributed by atoms with E-state index >= 15 is 0 Å². The highest BCUT2D eigenvalue weighted by Gasteiger charge is 2.35. The number of hydrogen-bond donors (Lipinski definition) is 3. The maximum absolute atomic E-state index is 9.84. The number of fused-ring (bicyclic) bond motifs is 1. The molecule has 0 aliphatic carbocycles. The number of aliphatic hydroxyl groups excluding tert-OH is 2. The average Bonchev–Trinajstić information content (AvgIpc) is 3.08. The van der Waals surface area contributed by atoms with E-state index < -0.39 is 12.2 Å². The molecule has 3 rings (SSSR count). The number of nitrogens with zero attached hydrogens (tertiary/aromatic N) is 4. The highest BCUT2D eigenvalue weighted by atomic mass is 16.5. The van der Waals surface area contributed by atoms with Crippen LogP contribution in [0.2, 0.25) is 0 Å². The third kappa shape index (κ3) is 2.57. The summed E-state index contributed by atoms with van der Waals surface area (Å²) in [5.74, 6) is 0.692. The van der Waals surface area contributed by atoms with Crippen LogP contribution >= 0.6 is 0 Å². The van der Waals surface area contributed by atoms with Crippen LogP contribution in [0.1, 0.15) is 26.0 Å². The Morgan fingerprint density at radius 2 is 2.29 bits per heavy atom. The largest absolute Gasteiger partial charge is 0.394 e. The number of aromatic nitrogens is 4. The fraction of sp³-hybridized carbons (Fsp3) is 0.615. The van der Waals surface area contributed by atoms with Crippen LogP contribution in [0.25, 0.3) is 11.2 Å². The van der Waals surface area contributed by atoms with Gasteiger partial charge in [-0.3, -0.25) is 4.57 Å². The molecule has 21 heavy (non-hydrogen) atoms. The number of hydrogen-bond acceptors (Lipinski definition) is 7. The van der Waals surface area contributed by atoms with Crippen molar-refractivity contribution in [2.24, 2.45) is 0 Å². The van der Waals surface area contributed by atoms with Gasteiger partial charge in [0.1, 0.15) is 18.7 Å². The minimum atomic E-state index is -0.683. The molecule has 3 N–H and O–H groups in total. The number of nitrogens with one attached hydrogen (secondary N) is 1. The molecule has 1 unspecified atom stereocenters. The second-order valence-electron chi connectivity index (χ2n) is 5.09. The standard InChI is InChI=1S/C13H19N5O3/c1-2-3-14-12-11-13(16-6-15-12)18(7-17-11)10-4-8(20)9(5-19)21-10/h6-10,19-20H,2-5H2,1H3,(H,14,15,16)/t8?,9-,10-/m1/s1. The van der Waals surface area contributed by atoms with Crippen LogP contribution in [-0.2, 0) is 4.74 Å². The summed E-state index contributed by atoms with van der Waals surface area (Å²) in [6.07, 6.45) is 2.88. The van der Waals surface area contributed by atoms with Gasteiger partial charge in [-0.15, -0.1) is 0 Å². The Kier molecular flexibility index (Phi) is 4.00. The molecule has 3 heterocycles. The molecule has 0 amide bonds. The number of anilines is 1. The molecule has 1 aliphatic rings. The van der Waals surface area contributed by atoms with Gasteiger partial charge in [-0.2, -0.15) is 0 Å². The minimum absolute atomic E-state index is 0.206. The normalized spacial score (nSPS) is 25.6. The van der Waals surface area contributed by atoms with Crippen LogP contribution in [0, 0.1) is 0 Å². The highest BCUT2D eigenvalue weighted by Crippen LogP contribution is 2.31.